The van der Waals surface area contributed by atoms with Crippen molar-refractivity contribution in [2.24, 2.45) is 0 Å². The first-order valence-corrected chi connectivity index (χ1v) is 12.2. The first-order valence-electron chi connectivity index (χ1n) is 9.60. The van der Waals surface area contributed by atoms with Gasteiger partial charge in [0.05, 0.1) is 28.3 Å². The fourth-order valence-electron chi connectivity index (χ4n) is 2.88. The Morgan fingerprint density at radius 2 is 1.82 bits per heavy atom. The zero-order valence-corrected chi connectivity index (χ0v) is 18.7. The molecule has 1 heterocycles. The van der Waals surface area contributed by atoms with Gasteiger partial charge < -0.3 is 10.4 Å². The van der Waals surface area contributed by atoms with Gasteiger partial charge in [0.2, 0.25) is 5.91 Å². The van der Waals surface area contributed by atoms with E-state index in [4.69, 9.17) is 0 Å². The highest BCUT2D eigenvalue weighted by Gasteiger charge is 2.31. The monoisotopic (exact) mass is 496 g/mol. The number of nitrogens with one attached hydrogen (secondary N) is 1. The lowest BCUT2D eigenvalue weighted by Gasteiger charge is -2.11. The number of hydrogen-bond acceptors (Lipinski definition) is 6. The molecule has 0 aliphatic carbocycles. The number of nitrogens with zero attached hydrogens (tertiary/aromatic N) is 1. The number of benzene rings is 2. The molecule has 11 heteroatoms. The average molecular weight is 497 g/mol. The van der Waals surface area contributed by atoms with Crippen molar-refractivity contribution in [2.75, 3.05) is 16.8 Å². The number of aromatic nitrogens is 1. The largest absolute Gasteiger partial charge is 0.508 e. The molecule has 0 spiro atoms. The number of hydrogen-bond donors (Lipinski definition) is 2. The topological polar surface area (TPSA) is 96.4 Å². The third-order valence-electron chi connectivity index (χ3n) is 4.43. The Morgan fingerprint density at radius 1 is 1.06 bits per heavy atom. The van der Waals surface area contributed by atoms with Crippen LogP contribution < -0.4 is 5.32 Å². The molecule has 0 saturated carbocycles. The highest BCUT2D eigenvalue weighted by molar-refractivity contribution is 8.00. The van der Waals surface area contributed by atoms with Gasteiger partial charge in [-0.15, -0.1) is 11.8 Å². The maximum Gasteiger partial charge on any atom is 0.416 e. The van der Waals surface area contributed by atoms with Crippen molar-refractivity contribution in [1.29, 1.82) is 0 Å². The molecule has 3 aromatic rings. The molecule has 0 fully saturated rings. The van der Waals surface area contributed by atoms with Crippen LogP contribution in [0.4, 0.5) is 18.9 Å². The summed E-state index contributed by atoms with van der Waals surface area (Å²) in [6, 6.07) is 13.1. The Kier molecular flexibility index (Phi) is 7.65. The van der Waals surface area contributed by atoms with Crippen LogP contribution in [0, 0.1) is 0 Å². The van der Waals surface area contributed by atoms with E-state index >= 15 is 0 Å². The molecule has 174 valence electrons. The van der Waals surface area contributed by atoms with Gasteiger partial charge in [0.15, 0.2) is 9.84 Å². The number of phenolic OH excluding ortho intramolecular Hbond substituents is 1. The number of halogens is 3. The second kappa shape index (κ2) is 10.3. The van der Waals surface area contributed by atoms with Crippen LogP contribution in [0.2, 0.25) is 0 Å². The van der Waals surface area contributed by atoms with Gasteiger partial charge in [-0.25, -0.2) is 13.4 Å². The fourth-order valence-corrected chi connectivity index (χ4v) is 5.52. The summed E-state index contributed by atoms with van der Waals surface area (Å²) in [4.78, 5) is 16.1. The Balaban J connectivity index is 1.64. The Hall–Kier alpha value is -3.05. The molecule has 3 rings (SSSR count). The van der Waals surface area contributed by atoms with Gasteiger partial charge in [0, 0.05) is 11.9 Å². The molecule has 33 heavy (non-hydrogen) atoms. The number of aromatic hydroxyl groups is 1. The number of alkyl halides is 3. The van der Waals surface area contributed by atoms with Gasteiger partial charge >= 0.3 is 6.18 Å². The molecule has 0 bridgehead atoms. The third kappa shape index (κ3) is 6.96. The van der Waals surface area contributed by atoms with Gasteiger partial charge in [-0.1, -0.05) is 18.2 Å². The van der Waals surface area contributed by atoms with Gasteiger partial charge in [-0.2, -0.15) is 13.2 Å². The van der Waals surface area contributed by atoms with Crippen LogP contribution >= 0.6 is 11.8 Å². The summed E-state index contributed by atoms with van der Waals surface area (Å²) >= 11 is 1.06. The zero-order valence-electron chi connectivity index (χ0n) is 17.0. The number of thioether (sulfide) groups is 1. The minimum absolute atomic E-state index is 0.0112. The van der Waals surface area contributed by atoms with Crippen molar-refractivity contribution >= 4 is 33.2 Å². The summed E-state index contributed by atoms with van der Waals surface area (Å²) in [5.41, 5.74) is -0.0421. The van der Waals surface area contributed by atoms with Crippen LogP contribution in [0.15, 0.2) is 76.8 Å². The normalized spacial score (nSPS) is 11.8. The fraction of sp³-hybridized carbons (Fsp3) is 0.182. The standard InChI is InChI=1S/C22H19F3N2O4S2/c23-22(24,25)16-5-2-7-18(14-16)33(30,31)11-10-32-21-19(8-3-9-26-21)27-20(29)13-15-4-1-6-17(28)12-15/h1-9,12,14,28H,10-11,13H2,(H,27,29). The van der Waals surface area contributed by atoms with Crippen LogP contribution in [-0.4, -0.2) is 35.9 Å². The first kappa shape index (κ1) is 24.6. The predicted octanol–water partition coefficient (Wildman–Crippen LogP) is 4.55. The quantitative estimate of drug-likeness (QED) is 0.444. The maximum atomic E-state index is 12.9. The molecule has 0 saturated heterocycles. The lowest BCUT2D eigenvalue weighted by Crippen LogP contribution is -2.15. The zero-order chi connectivity index (χ0) is 24.1. The molecule has 0 aliphatic heterocycles. The number of phenols is 1. The highest BCUT2D eigenvalue weighted by atomic mass is 32.2. The molecule has 0 unspecified atom stereocenters. The van der Waals surface area contributed by atoms with Gasteiger partial charge in [-0.05, 0) is 48.0 Å². The van der Waals surface area contributed by atoms with E-state index in [0.29, 0.717) is 22.3 Å². The number of pyridine rings is 1. The molecule has 1 aromatic heterocycles. The Morgan fingerprint density at radius 3 is 2.55 bits per heavy atom. The minimum Gasteiger partial charge on any atom is -0.508 e. The van der Waals surface area contributed by atoms with Gasteiger partial charge in [0.1, 0.15) is 10.8 Å². The number of anilines is 1. The molecule has 0 aliphatic rings. The summed E-state index contributed by atoms with van der Waals surface area (Å²) < 4.78 is 63.7. The second-order valence-electron chi connectivity index (χ2n) is 6.94. The van der Waals surface area contributed by atoms with Crippen molar-refractivity contribution in [3.8, 4) is 5.75 Å². The van der Waals surface area contributed by atoms with E-state index in [1.54, 1.807) is 24.3 Å². The van der Waals surface area contributed by atoms with E-state index in [1.807, 2.05) is 0 Å². The van der Waals surface area contributed by atoms with Crippen molar-refractivity contribution in [3.05, 3.63) is 78.0 Å². The van der Waals surface area contributed by atoms with Crippen LogP contribution in [0.3, 0.4) is 0 Å². The van der Waals surface area contributed by atoms with Crippen molar-refractivity contribution < 1.29 is 31.5 Å². The summed E-state index contributed by atoms with van der Waals surface area (Å²) in [5, 5.41) is 12.6. The summed E-state index contributed by atoms with van der Waals surface area (Å²) in [6.45, 7) is 0. The van der Waals surface area contributed by atoms with E-state index in [9.17, 15) is 31.5 Å². The third-order valence-corrected chi connectivity index (χ3v) is 7.41. The van der Waals surface area contributed by atoms with E-state index in [0.717, 1.165) is 30.0 Å². The number of rotatable bonds is 8. The van der Waals surface area contributed by atoms with E-state index in [-0.39, 0.29) is 23.8 Å². The molecule has 0 atom stereocenters. The highest BCUT2D eigenvalue weighted by Crippen LogP contribution is 2.31. The number of carbonyl (C=O) groups excluding carboxylic acids is 1. The van der Waals surface area contributed by atoms with Crippen molar-refractivity contribution in [3.63, 3.8) is 0 Å². The van der Waals surface area contributed by atoms with Crippen molar-refractivity contribution in [1.82, 2.24) is 4.98 Å². The van der Waals surface area contributed by atoms with Gasteiger partial charge in [-0.3, -0.25) is 4.79 Å². The van der Waals surface area contributed by atoms with Gasteiger partial charge in [0.25, 0.3) is 0 Å². The second-order valence-corrected chi connectivity index (χ2v) is 10.1. The maximum absolute atomic E-state index is 12.9. The SMILES string of the molecule is O=C(Cc1cccc(O)c1)Nc1cccnc1SCCS(=O)(=O)c1cccc(C(F)(F)F)c1. The Labute approximate surface area is 192 Å². The van der Waals surface area contributed by atoms with Crippen molar-refractivity contribution in [2.45, 2.75) is 22.5 Å². The Bertz CT molecular complexity index is 1250. The number of sulfone groups is 1. The molecular weight excluding hydrogens is 477 g/mol. The van der Waals surface area contributed by atoms with Crippen LogP contribution in [0.5, 0.6) is 5.75 Å². The lowest BCUT2D eigenvalue weighted by atomic mass is 10.1. The summed E-state index contributed by atoms with van der Waals surface area (Å²) in [6.07, 6.45) is -3.15. The predicted molar refractivity (Wildman–Crippen MR) is 119 cm³/mol. The van der Waals surface area contributed by atoms with Crippen LogP contribution in [-0.2, 0) is 27.2 Å². The number of amides is 1. The van der Waals surface area contributed by atoms with E-state index in [1.165, 1.54) is 18.3 Å². The smallest absolute Gasteiger partial charge is 0.416 e. The first-order chi connectivity index (χ1) is 15.5. The van der Waals surface area contributed by atoms with Crippen LogP contribution in [0.25, 0.3) is 0 Å². The summed E-state index contributed by atoms with van der Waals surface area (Å²) in [7, 11) is -3.95. The molecular formula is C22H19F3N2O4S2. The average Bonchev–Trinajstić information content (AvgIpc) is 2.74. The molecule has 2 aromatic carbocycles. The van der Waals surface area contributed by atoms with E-state index < -0.39 is 32.2 Å². The minimum atomic E-state index is -4.64. The summed E-state index contributed by atoms with van der Waals surface area (Å²) in [5.74, 6) is -0.705. The molecule has 6 nitrogen and oxygen atoms in total. The lowest BCUT2D eigenvalue weighted by molar-refractivity contribution is -0.137. The van der Waals surface area contributed by atoms with Crippen LogP contribution in [0.1, 0.15) is 11.1 Å². The van der Waals surface area contributed by atoms with E-state index in [2.05, 4.69) is 10.3 Å². The molecule has 1 amide bonds. The number of carbonyl (C=O) groups is 1. The molecule has 2 N–H and O–H groups in total. The molecule has 0 radical (unpaired) electrons.